The molecule has 27 heavy (non-hydrogen) atoms. The van der Waals surface area contributed by atoms with Crippen molar-refractivity contribution in [1.82, 2.24) is 9.55 Å². The van der Waals surface area contributed by atoms with Crippen LogP contribution in [0.15, 0.2) is 29.3 Å². The maximum absolute atomic E-state index is 12.6. The molecule has 1 N–H and O–H groups in total. The van der Waals surface area contributed by atoms with Gasteiger partial charge in [-0.25, -0.2) is 4.98 Å². The lowest BCUT2D eigenvalue weighted by molar-refractivity contribution is -0.116. The fraction of sp³-hybridized carbons (Fsp3) is 0.526. The summed E-state index contributed by atoms with van der Waals surface area (Å²) in [7, 11) is 5.53. The van der Waals surface area contributed by atoms with Crippen molar-refractivity contribution in [3.05, 3.63) is 34.9 Å². The molecule has 2 heterocycles. The maximum Gasteiger partial charge on any atom is 0.261 e. The van der Waals surface area contributed by atoms with E-state index >= 15 is 0 Å². The Morgan fingerprint density at radius 1 is 1.41 bits per heavy atom. The van der Waals surface area contributed by atoms with Gasteiger partial charge in [-0.2, -0.15) is 0 Å². The standard InChI is InChI=1S/C19H25N3O3S2/c1-25-10-9-22-13-20-17-7-6-14(12-16(17)19(22)24)21-18(23)5-3-2-4-15-8-11-26-27-15/h6-7,12-13,15H,2-5,8-11H2,1H3,(H,21,23)/t15-/m0/s1. The average molecular weight is 408 g/mol. The lowest BCUT2D eigenvalue weighted by atomic mass is 10.1. The molecule has 1 amide bonds. The van der Waals surface area contributed by atoms with E-state index in [-0.39, 0.29) is 11.5 Å². The first kappa shape index (κ1) is 20.2. The molecule has 0 aliphatic carbocycles. The van der Waals surface area contributed by atoms with Crippen molar-refractivity contribution in [3.63, 3.8) is 0 Å². The van der Waals surface area contributed by atoms with Crippen LogP contribution in [0.4, 0.5) is 5.69 Å². The molecule has 0 radical (unpaired) electrons. The monoisotopic (exact) mass is 407 g/mol. The van der Waals surface area contributed by atoms with Crippen LogP contribution in [0.3, 0.4) is 0 Å². The van der Waals surface area contributed by atoms with Crippen LogP contribution < -0.4 is 10.9 Å². The van der Waals surface area contributed by atoms with Gasteiger partial charge < -0.3 is 10.1 Å². The largest absolute Gasteiger partial charge is 0.383 e. The third-order valence-corrected chi connectivity index (χ3v) is 7.56. The van der Waals surface area contributed by atoms with E-state index in [0.717, 1.165) is 18.1 Å². The summed E-state index contributed by atoms with van der Waals surface area (Å²) >= 11 is 0. The van der Waals surface area contributed by atoms with Crippen LogP contribution in [-0.4, -0.2) is 40.2 Å². The first-order valence-corrected chi connectivity index (χ1v) is 11.6. The summed E-state index contributed by atoms with van der Waals surface area (Å²) in [5.74, 6) is 1.24. The zero-order chi connectivity index (χ0) is 19.1. The minimum absolute atomic E-state index is 0.00796. The molecular formula is C19H25N3O3S2. The molecule has 1 aliphatic rings. The Morgan fingerprint density at radius 3 is 3.07 bits per heavy atom. The van der Waals surface area contributed by atoms with Gasteiger partial charge in [-0.05, 0) is 37.5 Å². The van der Waals surface area contributed by atoms with E-state index in [4.69, 9.17) is 4.74 Å². The maximum atomic E-state index is 12.6. The minimum Gasteiger partial charge on any atom is -0.383 e. The van der Waals surface area contributed by atoms with E-state index in [1.54, 1.807) is 25.3 Å². The second-order valence-electron chi connectivity index (χ2n) is 6.59. The molecule has 0 bridgehead atoms. The van der Waals surface area contributed by atoms with Gasteiger partial charge in [0.05, 0.1) is 30.4 Å². The highest BCUT2D eigenvalue weighted by Gasteiger charge is 2.16. The van der Waals surface area contributed by atoms with Crippen LogP contribution in [-0.2, 0) is 16.1 Å². The van der Waals surface area contributed by atoms with Gasteiger partial charge in [0.25, 0.3) is 5.56 Å². The molecule has 8 heteroatoms. The Balaban J connectivity index is 1.56. The number of hydrogen-bond acceptors (Lipinski definition) is 6. The highest BCUT2D eigenvalue weighted by Crippen LogP contribution is 2.39. The van der Waals surface area contributed by atoms with Crippen molar-refractivity contribution >= 4 is 44.1 Å². The van der Waals surface area contributed by atoms with E-state index in [0.29, 0.717) is 36.2 Å². The van der Waals surface area contributed by atoms with Crippen LogP contribution in [0.25, 0.3) is 10.9 Å². The number of anilines is 1. The number of fused-ring (bicyclic) bond motifs is 1. The van der Waals surface area contributed by atoms with Crippen molar-refractivity contribution in [2.24, 2.45) is 0 Å². The fourth-order valence-electron chi connectivity index (χ4n) is 3.03. The molecule has 0 unspecified atom stereocenters. The van der Waals surface area contributed by atoms with Gasteiger partial charge in [0.2, 0.25) is 5.91 Å². The van der Waals surface area contributed by atoms with Crippen LogP contribution >= 0.6 is 21.6 Å². The highest BCUT2D eigenvalue weighted by molar-refractivity contribution is 8.77. The van der Waals surface area contributed by atoms with E-state index in [2.05, 4.69) is 10.3 Å². The lowest BCUT2D eigenvalue weighted by Crippen LogP contribution is -2.22. The molecule has 0 spiro atoms. The van der Waals surface area contributed by atoms with E-state index in [1.807, 2.05) is 21.6 Å². The average Bonchev–Trinajstić information content (AvgIpc) is 3.19. The van der Waals surface area contributed by atoms with Crippen LogP contribution in [0, 0.1) is 0 Å². The third-order valence-electron chi connectivity index (χ3n) is 4.55. The zero-order valence-electron chi connectivity index (χ0n) is 15.5. The number of hydrogen-bond donors (Lipinski definition) is 1. The van der Waals surface area contributed by atoms with Crippen molar-refractivity contribution in [3.8, 4) is 0 Å². The molecule has 146 valence electrons. The summed E-state index contributed by atoms with van der Waals surface area (Å²) < 4.78 is 6.55. The first-order valence-electron chi connectivity index (χ1n) is 9.23. The fourth-order valence-corrected chi connectivity index (χ4v) is 6.06. The normalized spacial score (nSPS) is 16.7. The second kappa shape index (κ2) is 10.1. The van der Waals surface area contributed by atoms with Gasteiger partial charge in [-0.3, -0.25) is 14.2 Å². The Bertz CT molecular complexity index is 835. The van der Waals surface area contributed by atoms with Crippen LogP contribution in [0.2, 0.25) is 0 Å². The SMILES string of the molecule is COCCn1cnc2ccc(NC(=O)CCCC[C@H]3CCSS3)cc2c1=O. The Labute approximate surface area is 166 Å². The molecule has 1 aliphatic heterocycles. The number of nitrogens with one attached hydrogen (secondary N) is 1. The molecule has 3 rings (SSSR count). The van der Waals surface area contributed by atoms with Crippen molar-refractivity contribution in [2.45, 2.75) is 43.9 Å². The summed E-state index contributed by atoms with van der Waals surface area (Å²) in [5.41, 5.74) is 1.14. The predicted molar refractivity (Wildman–Crippen MR) is 113 cm³/mol. The van der Waals surface area contributed by atoms with Crippen LogP contribution in [0.5, 0.6) is 0 Å². The summed E-state index contributed by atoms with van der Waals surface area (Å²) in [4.78, 5) is 29.1. The number of methoxy groups -OCH3 is 1. The molecule has 0 saturated carbocycles. The Morgan fingerprint density at radius 2 is 2.30 bits per heavy atom. The zero-order valence-corrected chi connectivity index (χ0v) is 17.1. The molecule has 1 fully saturated rings. The van der Waals surface area contributed by atoms with Gasteiger partial charge in [0.1, 0.15) is 0 Å². The van der Waals surface area contributed by atoms with Gasteiger partial charge in [0.15, 0.2) is 0 Å². The van der Waals surface area contributed by atoms with Crippen molar-refractivity contribution in [2.75, 3.05) is 24.8 Å². The van der Waals surface area contributed by atoms with Gasteiger partial charge in [-0.1, -0.05) is 28.0 Å². The summed E-state index contributed by atoms with van der Waals surface area (Å²) in [6.07, 6.45) is 6.49. The number of rotatable bonds is 9. The second-order valence-corrected chi connectivity index (χ2v) is 9.38. The van der Waals surface area contributed by atoms with Crippen molar-refractivity contribution in [1.29, 1.82) is 0 Å². The van der Waals surface area contributed by atoms with Crippen LogP contribution in [0.1, 0.15) is 32.1 Å². The molecule has 6 nitrogen and oxygen atoms in total. The number of amides is 1. The molecule has 1 saturated heterocycles. The number of nitrogens with zero attached hydrogens (tertiary/aromatic N) is 2. The molecule has 1 aromatic heterocycles. The molecule has 1 aromatic carbocycles. The number of aromatic nitrogens is 2. The quantitative estimate of drug-likeness (QED) is 0.505. The number of ether oxygens (including phenoxy) is 1. The van der Waals surface area contributed by atoms with E-state index < -0.39 is 0 Å². The van der Waals surface area contributed by atoms with Gasteiger partial charge >= 0.3 is 0 Å². The highest BCUT2D eigenvalue weighted by atomic mass is 33.1. The van der Waals surface area contributed by atoms with Gasteiger partial charge in [-0.15, -0.1) is 0 Å². The topological polar surface area (TPSA) is 73.2 Å². The summed E-state index contributed by atoms with van der Waals surface area (Å²) in [6.45, 7) is 0.897. The third kappa shape index (κ3) is 5.73. The smallest absolute Gasteiger partial charge is 0.261 e. The number of carbonyl (C=O) groups excluding carboxylic acids is 1. The van der Waals surface area contributed by atoms with Gasteiger partial charge in [0, 0.05) is 30.2 Å². The Kier molecular flexibility index (Phi) is 7.60. The minimum atomic E-state index is -0.125. The van der Waals surface area contributed by atoms with E-state index in [9.17, 15) is 9.59 Å². The molecule has 1 atom stereocenters. The molecular weight excluding hydrogens is 382 g/mol. The van der Waals surface area contributed by atoms with E-state index in [1.165, 1.54) is 29.5 Å². The lowest BCUT2D eigenvalue weighted by Gasteiger charge is -2.09. The number of unbranched alkanes of at least 4 members (excludes halogenated alkanes) is 1. The predicted octanol–water partition coefficient (Wildman–Crippen LogP) is 3.70. The summed E-state index contributed by atoms with van der Waals surface area (Å²) in [5, 5.41) is 4.16. The number of carbonyl (C=O) groups is 1. The first-order chi connectivity index (χ1) is 13.2. The number of benzene rings is 1. The Hall–Kier alpha value is -1.51. The molecule has 2 aromatic rings. The van der Waals surface area contributed by atoms with Crippen molar-refractivity contribution < 1.29 is 9.53 Å². The summed E-state index contributed by atoms with van der Waals surface area (Å²) in [6, 6.07) is 5.26.